The van der Waals surface area contributed by atoms with Crippen molar-refractivity contribution >= 4 is 41.0 Å². The monoisotopic (exact) mass is 350 g/mol. The van der Waals surface area contributed by atoms with Crippen LogP contribution in [0.3, 0.4) is 0 Å². The van der Waals surface area contributed by atoms with Crippen molar-refractivity contribution in [2.75, 3.05) is 0 Å². The Labute approximate surface area is 142 Å². The predicted molar refractivity (Wildman–Crippen MR) is 89.3 cm³/mol. The lowest BCUT2D eigenvalue weighted by Gasteiger charge is -2.04. The molecule has 23 heavy (non-hydrogen) atoms. The lowest BCUT2D eigenvalue weighted by atomic mass is 10.0. The molecule has 6 heteroatoms. The maximum absolute atomic E-state index is 12.2. The molecule has 0 spiro atoms. The summed E-state index contributed by atoms with van der Waals surface area (Å²) in [5, 5.41) is 19.3. The molecule has 2 aromatic rings. The Morgan fingerprint density at radius 2 is 1.70 bits per heavy atom. The van der Waals surface area contributed by atoms with Crippen molar-refractivity contribution in [3.05, 3.63) is 69.2 Å². The van der Waals surface area contributed by atoms with Crippen LogP contribution in [-0.2, 0) is 11.2 Å². The van der Waals surface area contributed by atoms with Crippen molar-refractivity contribution in [2.45, 2.75) is 6.42 Å². The molecule has 118 valence electrons. The number of phenolic OH excluding ortho intramolecular Hbond substituents is 1. The van der Waals surface area contributed by atoms with Gasteiger partial charge in [0.25, 0.3) is 0 Å². The number of phenols is 1. The van der Waals surface area contributed by atoms with Crippen LogP contribution in [0.4, 0.5) is 0 Å². The first-order valence-corrected chi connectivity index (χ1v) is 7.33. The Balaban J connectivity index is 2.23. The lowest BCUT2D eigenvalue weighted by molar-refractivity contribution is -0.136. The van der Waals surface area contributed by atoms with Crippen molar-refractivity contribution < 1.29 is 19.8 Å². The van der Waals surface area contributed by atoms with Gasteiger partial charge in [-0.3, -0.25) is 9.59 Å². The number of carbonyl (C=O) groups excluding carboxylic acids is 1. The van der Waals surface area contributed by atoms with Gasteiger partial charge in [0.1, 0.15) is 5.75 Å². The number of aliphatic carboxylic acids is 1. The van der Waals surface area contributed by atoms with E-state index in [1.165, 1.54) is 24.3 Å². The largest absolute Gasteiger partial charge is 0.508 e. The fraction of sp³-hybridized carbons (Fsp3) is 0.0588. The van der Waals surface area contributed by atoms with Crippen LogP contribution in [0.2, 0.25) is 10.0 Å². The molecule has 2 N–H and O–H groups in total. The van der Waals surface area contributed by atoms with Gasteiger partial charge in [-0.1, -0.05) is 29.3 Å². The minimum atomic E-state index is -1.09. The van der Waals surface area contributed by atoms with Gasteiger partial charge in [-0.2, -0.15) is 0 Å². The smallest absolute Gasteiger partial charge is 0.307 e. The summed E-state index contributed by atoms with van der Waals surface area (Å²) in [7, 11) is 0. The van der Waals surface area contributed by atoms with Crippen molar-refractivity contribution in [3.8, 4) is 5.75 Å². The molecular formula is C17H12Cl2O4. The van der Waals surface area contributed by atoms with Crippen LogP contribution in [0.15, 0.2) is 42.5 Å². The molecule has 4 nitrogen and oxygen atoms in total. The van der Waals surface area contributed by atoms with E-state index >= 15 is 0 Å². The van der Waals surface area contributed by atoms with Gasteiger partial charge in [0.2, 0.25) is 0 Å². The molecular weight excluding hydrogens is 339 g/mol. The van der Waals surface area contributed by atoms with Gasteiger partial charge in [-0.15, -0.1) is 0 Å². The summed E-state index contributed by atoms with van der Waals surface area (Å²) in [6.45, 7) is 0. The van der Waals surface area contributed by atoms with E-state index < -0.39 is 5.97 Å². The third-order valence-electron chi connectivity index (χ3n) is 3.02. The molecule has 0 fully saturated rings. The summed E-state index contributed by atoms with van der Waals surface area (Å²) in [5.74, 6) is -1.57. The quantitative estimate of drug-likeness (QED) is 0.625. The molecule has 0 amide bonds. The predicted octanol–water partition coefficient (Wildman–Crippen LogP) is 4.22. The lowest BCUT2D eigenvalue weighted by Crippen LogP contribution is -2.02. The number of ketones is 1. The molecule has 0 heterocycles. The topological polar surface area (TPSA) is 74.6 Å². The first kappa shape index (κ1) is 17.1. The Bertz CT molecular complexity index is 777. The van der Waals surface area contributed by atoms with E-state index in [9.17, 15) is 14.7 Å². The average Bonchev–Trinajstić information content (AvgIpc) is 2.45. The van der Waals surface area contributed by atoms with Gasteiger partial charge >= 0.3 is 5.97 Å². The molecule has 0 aliphatic heterocycles. The number of halogens is 2. The van der Waals surface area contributed by atoms with E-state index in [0.717, 1.165) is 0 Å². The number of hydrogen-bond donors (Lipinski definition) is 2. The van der Waals surface area contributed by atoms with Crippen molar-refractivity contribution in [1.29, 1.82) is 0 Å². The SMILES string of the molecule is O=C(O)Cc1cc(C(=O)/C=C/c2cc(Cl)cc(Cl)c2)ccc1O. The third-order valence-corrected chi connectivity index (χ3v) is 3.45. The molecule has 0 bridgehead atoms. The zero-order valence-corrected chi connectivity index (χ0v) is 13.3. The van der Waals surface area contributed by atoms with E-state index in [1.807, 2.05) is 0 Å². The van der Waals surface area contributed by atoms with Gasteiger partial charge in [0.15, 0.2) is 5.78 Å². The summed E-state index contributed by atoms with van der Waals surface area (Å²) in [4.78, 5) is 22.9. The Morgan fingerprint density at radius 3 is 2.30 bits per heavy atom. The molecule has 0 aromatic heterocycles. The number of carboxylic acid groups (broad SMARTS) is 1. The molecule has 0 unspecified atom stereocenters. The number of aromatic hydroxyl groups is 1. The molecule has 0 atom stereocenters. The molecule has 2 aromatic carbocycles. The standard InChI is InChI=1S/C17H12Cl2O4/c18-13-5-10(6-14(19)9-13)1-3-15(20)11-2-4-16(21)12(7-11)8-17(22)23/h1-7,9,21H,8H2,(H,22,23)/b3-1+. The van der Waals surface area contributed by atoms with Gasteiger partial charge in [0.05, 0.1) is 6.42 Å². The zero-order valence-electron chi connectivity index (χ0n) is 11.8. The van der Waals surface area contributed by atoms with Gasteiger partial charge < -0.3 is 10.2 Å². The minimum absolute atomic E-state index is 0.158. The van der Waals surface area contributed by atoms with Crippen molar-refractivity contribution in [1.82, 2.24) is 0 Å². The number of rotatable bonds is 5. The fourth-order valence-electron chi connectivity index (χ4n) is 1.98. The Morgan fingerprint density at radius 1 is 1.04 bits per heavy atom. The number of carboxylic acids is 1. The van der Waals surface area contributed by atoms with E-state index in [-0.39, 0.29) is 29.1 Å². The second kappa shape index (κ2) is 7.31. The normalized spacial score (nSPS) is 10.9. The van der Waals surface area contributed by atoms with Crippen LogP contribution in [-0.4, -0.2) is 22.0 Å². The minimum Gasteiger partial charge on any atom is -0.508 e. The van der Waals surface area contributed by atoms with Crippen LogP contribution in [0.1, 0.15) is 21.5 Å². The number of carbonyl (C=O) groups is 2. The third kappa shape index (κ3) is 4.84. The van der Waals surface area contributed by atoms with Crippen LogP contribution in [0, 0.1) is 0 Å². The molecule has 0 aliphatic carbocycles. The number of hydrogen-bond acceptors (Lipinski definition) is 3. The Kier molecular flexibility index (Phi) is 5.42. The first-order valence-electron chi connectivity index (χ1n) is 6.57. The van der Waals surface area contributed by atoms with Gasteiger partial charge in [-0.25, -0.2) is 0 Å². The summed E-state index contributed by atoms with van der Waals surface area (Å²) in [6.07, 6.45) is 2.53. The van der Waals surface area contributed by atoms with Crippen LogP contribution in [0.5, 0.6) is 5.75 Å². The van der Waals surface area contributed by atoms with Crippen LogP contribution < -0.4 is 0 Å². The van der Waals surface area contributed by atoms with E-state index in [0.29, 0.717) is 15.6 Å². The van der Waals surface area contributed by atoms with E-state index in [1.54, 1.807) is 24.3 Å². The maximum Gasteiger partial charge on any atom is 0.307 e. The Hall–Kier alpha value is -2.30. The second-order valence-electron chi connectivity index (χ2n) is 4.81. The van der Waals surface area contributed by atoms with E-state index in [4.69, 9.17) is 28.3 Å². The van der Waals surface area contributed by atoms with Crippen molar-refractivity contribution in [2.24, 2.45) is 0 Å². The highest BCUT2D eigenvalue weighted by molar-refractivity contribution is 6.34. The number of benzene rings is 2. The van der Waals surface area contributed by atoms with Gasteiger partial charge in [-0.05, 0) is 48.0 Å². The first-order chi connectivity index (χ1) is 10.8. The highest BCUT2D eigenvalue weighted by Crippen LogP contribution is 2.22. The number of allylic oxidation sites excluding steroid dienone is 1. The highest BCUT2D eigenvalue weighted by Gasteiger charge is 2.10. The van der Waals surface area contributed by atoms with Crippen LogP contribution >= 0.6 is 23.2 Å². The molecule has 2 rings (SSSR count). The van der Waals surface area contributed by atoms with Gasteiger partial charge in [0, 0.05) is 21.2 Å². The maximum atomic E-state index is 12.2. The summed E-state index contributed by atoms with van der Waals surface area (Å²) < 4.78 is 0. The molecule has 0 saturated heterocycles. The summed E-state index contributed by atoms with van der Waals surface area (Å²) in [5.41, 5.74) is 1.13. The summed E-state index contributed by atoms with van der Waals surface area (Å²) >= 11 is 11.8. The van der Waals surface area contributed by atoms with Crippen molar-refractivity contribution in [3.63, 3.8) is 0 Å². The van der Waals surface area contributed by atoms with E-state index in [2.05, 4.69) is 0 Å². The molecule has 0 aliphatic rings. The van der Waals surface area contributed by atoms with Crippen LogP contribution in [0.25, 0.3) is 6.08 Å². The average molecular weight is 351 g/mol. The molecule has 0 radical (unpaired) electrons. The summed E-state index contributed by atoms with van der Waals surface area (Å²) in [6, 6.07) is 8.99. The fourth-order valence-corrected chi connectivity index (χ4v) is 2.53. The second-order valence-corrected chi connectivity index (χ2v) is 5.69. The molecule has 0 saturated carbocycles. The highest BCUT2D eigenvalue weighted by atomic mass is 35.5. The zero-order chi connectivity index (χ0) is 17.0.